The molecule has 1 aromatic rings. The summed E-state index contributed by atoms with van der Waals surface area (Å²) in [5, 5.41) is 9.17. The minimum atomic E-state index is -1.87. The predicted octanol–water partition coefficient (Wildman–Crippen LogP) is 4.69. The normalized spacial score (nSPS) is 17.8. The van der Waals surface area contributed by atoms with Crippen LogP contribution in [0.25, 0.3) is 0 Å². The fourth-order valence-electron chi connectivity index (χ4n) is 2.74. The van der Waals surface area contributed by atoms with Crippen LogP contribution in [-0.2, 0) is 4.43 Å². The second-order valence-electron chi connectivity index (χ2n) is 8.51. The quantitative estimate of drug-likeness (QED) is 0.751. The summed E-state index contributed by atoms with van der Waals surface area (Å²) in [5.41, 5.74) is 0.871. The van der Waals surface area contributed by atoms with Gasteiger partial charge in [-0.3, -0.25) is 0 Å². The lowest BCUT2D eigenvalue weighted by atomic mass is 10.1. The molecule has 7 heteroatoms. The third-order valence-electron chi connectivity index (χ3n) is 5.44. The van der Waals surface area contributed by atoms with Gasteiger partial charge < -0.3 is 19.2 Å². The van der Waals surface area contributed by atoms with E-state index in [9.17, 15) is 4.79 Å². The van der Waals surface area contributed by atoms with E-state index >= 15 is 0 Å². The van der Waals surface area contributed by atoms with E-state index in [-0.39, 0.29) is 17.2 Å². The van der Waals surface area contributed by atoms with E-state index in [1.165, 1.54) is 4.90 Å². The molecule has 0 aromatic carbocycles. The lowest BCUT2D eigenvalue weighted by molar-refractivity contribution is 0.0865. The Morgan fingerprint density at radius 2 is 1.92 bits per heavy atom. The second kappa shape index (κ2) is 7.96. The van der Waals surface area contributed by atoms with Gasteiger partial charge in [-0.1, -0.05) is 26.8 Å². The first-order valence-corrected chi connectivity index (χ1v) is 12.2. The van der Waals surface area contributed by atoms with Crippen molar-refractivity contribution in [3.05, 3.63) is 23.9 Å². The molecular formula is C19H32N2O4Si. The number of hydrogen-bond acceptors (Lipinski definition) is 4. The van der Waals surface area contributed by atoms with Gasteiger partial charge in [0.1, 0.15) is 6.10 Å². The SMILES string of the molecule is CC(O[Si](C)(C)C(C)(C)C)c1cccc(OC2CCN(C(=O)O)CC2)n1. The van der Waals surface area contributed by atoms with Crippen LogP contribution in [0.5, 0.6) is 5.88 Å². The number of hydrogen-bond donors (Lipinski definition) is 1. The summed E-state index contributed by atoms with van der Waals surface area (Å²) >= 11 is 0. The van der Waals surface area contributed by atoms with Gasteiger partial charge in [-0.15, -0.1) is 0 Å². The third-order valence-corrected chi connectivity index (χ3v) is 9.99. The number of nitrogens with zero attached hydrogens (tertiary/aromatic N) is 2. The molecule has 1 saturated heterocycles. The highest BCUT2D eigenvalue weighted by molar-refractivity contribution is 6.74. The van der Waals surface area contributed by atoms with Crippen LogP contribution in [0.15, 0.2) is 18.2 Å². The molecule has 1 aliphatic rings. The van der Waals surface area contributed by atoms with E-state index in [0.717, 1.165) is 5.69 Å². The van der Waals surface area contributed by atoms with Crippen molar-refractivity contribution < 1.29 is 19.1 Å². The summed E-state index contributed by atoms with van der Waals surface area (Å²) < 4.78 is 12.4. The molecule has 6 nitrogen and oxygen atoms in total. The fourth-order valence-corrected chi connectivity index (χ4v) is 4.10. The number of aromatic nitrogens is 1. The first kappa shape index (κ1) is 20.7. The lowest BCUT2D eigenvalue weighted by Crippen LogP contribution is -2.41. The Morgan fingerprint density at radius 1 is 1.31 bits per heavy atom. The van der Waals surface area contributed by atoms with Crippen molar-refractivity contribution in [1.82, 2.24) is 9.88 Å². The molecule has 1 unspecified atom stereocenters. The van der Waals surface area contributed by atoms with Crippen LogP contribution in [-0.4, -0.2) is 48.6 Å². The van der Waals surface area contributed by atoms with E-state index in [0.29, 0.717) is 31.8 Å². The molecule has 2 heterocycles. The average molecular weight is 381 g/mol. The van der Waals surface area contributed by atoms with Crippen molar-refractivity contribution in [2.45, 2.75) is 70.9 Å². The Labute approximate surface area is 157 Å². The van der Waals surface area contributed by atoms with E-state index in [4.69, 9.17) is 14.3 Å². The summed E-state index contributed by atoms with van der Waals surface area (Å²) in [4.78, 5) is 17.0. The zero-order valence-corrected chi connectivity index (χ0v) is 17.8. The van der Waals surface area contributed by atoms with Gasteiger partial charge in [-0.2, -0.15) is 0 Å². The molecule has 0 spiro atoms. The van der Waals surface area contributed by atoms with Gasteiger partial charge in [0.15, 0.2) is 8.32 Å². The number of carbonyl (C=O) groups is 1. The summed E-state index contributed by atoms with van der Waals surface area (Å²) in [6.07, 6.45) is 0.432. The van der Waals surface area contributed by atoms with Crippen molar-refractivity contribution in [2.75, 3.05) is 13.1 Å². The summed E-state index contributed by atoms with van der Waals surface area (Å²) in [5.74, 6) is 0.585. The summed E-state index contributed by atoms with van der Waals surface area (Å²) in [7, 11) is -1.87. The number of carboxylic acid groups (broad SMARTS) is 1. The maximum absolute atomic E-state index is 11.0. The Hall–Kier alpha value is -1.60. The summed E-state index contributed by atoms with van der Waals surface area (Å²) in [6, 6.07) is 5.76. The van der Waals surface area contributed by atoms with Crippen LogP contribution in [0.3, 0.4) is 0 Å². The molecule has 1 fully saturated rings. The number of rotatable bonds is 5. The first-order chi connectivity index (χ1) is 12.0. The Morgan fingerprint density at radius 3 is 2.46 bits per heavy atom. The van der Waals surface area contributed by atoms with Crippen LogP contribution >= 0.6 is 0 Å². The van der Waals surface area contributed by atoms with Crippen LogP contribution in [0.2, 0.25) is 18.1 Å². The van der Waals surface area contributed by atoms with E-state index in [1.54, 1.807) is 0 Å². The number of amides is 1. The van der Waals surface area contributed by atoms with Gasteiger partial charge in [0.25, 0.3) is 0 Å². The smallest absolute Gasteiger partial charge is 0.407 e. The topological polar surface area (TPSA) is 71.9 Å². The average Bonchev–Trinajstić information content (AvgIpc) is 2.54. The highest BCUT2D eigenvalue weighted by atomic mass is 28.4. The van der Waals surface area contributed by atoms with Gasteiger partial charge in [-0.25, -0.2) is 9.78 Å². The molecule has 0 bridgehead atoms. The zero-order valence-electron chi connectivity index (χ0n) is 16.8. The molecule has 1 amide bonds. The highest BCUT2D eigenvalue weighted by Crippen LogP contribution is 2.39. The fraction of sp³-hybridized carbons (Fsp3) is 0.684. The molecule has 26 heavy (non-hydrogen) atoms. The monoisotopic (exact) mass is 380 g/mol. The summed E-state index contributed by atoms with van der Waals surface area (Å²) in [6.45, 7) is 14.2. The number of ether oxygens (including phenoxy) is 1. The standard InChI is InChI=1S/C19H32N2O4Si/c1-14(25-26(5,6)19(2,3)4)16-8-7-9-17(20-16)24-15-10-12-21(13-11-15)18(22)23/h7-9,14-15H,10-13H2,1-6H3,(H,22,23). The molecule has 146 valence electrons. The van der Waals surface area contributed by atoms with Crippen LogP contribution in [0.4, 0.5) is 4.79 Å². The van der Waals surface area contributed by atoms with Crippen LogP contribution < -0.4 is 4.74 Å². The molecule has 0 aliphatic carbocycles. The van der Waals surface area contributed by atoms with E-state index < -0.39 is 14.4 Å². The zero-order chi connectivity index (χ0) is 19.5. The minimum Gasteiger partial charge on any atom is -0.474 e. The lowest BCUT2D eigenvalue weighted by Gasteiger charge is -2.38. The van der Waals surface area contributed by atoms with Crippen molar-refractivity contribution >= 4 is 14.4 Å². The van der Waals surface area contributed by atoms with Crippen molar-refractivity contribution in [3.8, 4) is 5.88 Å². The molecule has 0 saturated carbocycles. The molecule has 1 aliphatic heterocycles. The molecule has 1 aromatic heterocycles. The van der Waals surface area contributed by atoms with Crippen molar-refractivity contribution in [2.24, 2.45) is 0 Å². The van der Waals surface area contributed by atoms with Gasteiger partial charge in [-0.05, 0) is 31.1 Å². The van der Waals surface area contributed by atoms with Gasteiger partial charge >= 0.3 is 6.09 Å². The number of pyridine rings is 1. The van der Waals surface area contributed by atoms with Crippen molar-refractivity contribution in [1.29, 1.82) is 0 Å². The molecule has 1 atom stereocenters. The molecular weight excluding hydrogens is 348 g/mol. The highest BCUT2D eigenvalue weighted by Gasteiger charge is 2.38. The van der Waals surface area contributed by atoms with Crippen LogP contribution in [0.1, 0.15) is 52.3 Å². The van der Waals surface area contributed by atoms with E-state index in [2.05, 4.69) is 38.8 Å². The van der Waals surface area contributed by atoms with Crippen molar-refractivity contribution in [3.63, 3.8) is 0 Å². The number of piperidine rings is 1. The molecule has 1 N–H and O–H groups in total. The largest absolute Gasteiger partial charge is 0.474 e. The van der Waals surface area contributed by atoms with Crippen LogP contribution in [0, 0.1) is 0 Å². The molecule has 2 rings (SSSR count). The van der Waals surface area contributed by atoms with E-state index in [1.807, 2.05) is 25.1 Å². The Kier molecular flexibility index (Phi) is 6.34. The van der Waals surface area contributed by atoms with Gasteiger partial charge in [0.2, 0.25) is 5.88 Å². The second-order valence-corrected chi connectivity index (χ2v) is 13.3. The maximum atomic E-state index is 11.0. The first-order valence-electron chi connectivity index (χ1n) is 9.29. The Balaban J connectivity index is 1.99. The molecule has 0 radical (unpaired) electrons. The van der Waals surface area contributed by atoms with Gasteiger partial charge in [0.05, 0.1) is 11.8 Å². The van der Waals surface area contributed by atoms with Gasteiger partial charge in [0, 0.05) is 32.0 Å². The maximum Gasteiger partial charge on any atom is 0.407 e. The Bertz CT molecular complexity index is 622. The predicted molar refractivity (Wildman–Crippen MR) is 104 cm³/mol. The third kappa shape index (κ3) is 5.20. The number of likely N-dealkylation sites (tertiary alicyclic amines) is 1. The minimum absolute atomic E-state index is 0.00460.